The number of aliphatic hydroxyl groups is 2. The van der Waals surface area contributed by atoms with Crippen LogP contribution in [0.1, 0.15) is 27.7 Å². The van der Waals surface area contributed by atoms with Gasteiger partial charge in [-0.2, -0.15) is 0 Å². The molecule has 0 aromatic rings. The van der Waals surface area contributed by atoms with Gasteiger partial charge in [0.25, 0.3) is 0 Å². The zero-order valence-electron chi connectivity index (χ0n) is 14.5. The van der Waals surface area contributed by atoms with Gasteiger partial charge in [-0.05, 0) is 20.8 Å². The van der Waals surface area contributed by atoms with Gasteiger partial charge in [0, 0.05) is 6.92 Å². The van der Waals surface area contributed by atoms with Gasteiger partial charge in [0.15, 0.2) is 0 Å². The fourth-order valence-electron chi connectivity index (χ4n) is 0.563. The molecule has 26 heavy (non-hydrogen) atoms. The molecule has 0 aromatic heterocycles. The second kappa shape index (κ2) is 11.7. The Labute approximate surface area is 147 Å². The van der Waals surface area contributed by atoms with E-state index in [0.717, 1.165) is 6.92 Å². The van der Waals surface area contributed by atoms with Crippen molar-refractivity contribution in [3.05, 3.63) is 0 Å². The first-order chi connectivity index (χ1) is 11.5. The Morgan fingerprint density at radius 1 is 0.692 bits per heavy atom. The van der Waals surface area contributed by atoms with E-state index in [1.165, 1.54) is 20.8 Å². The maximum atomic E-state index is 10.5. The zero-order valence-corrected chi connectivity index (χ0v) is 14.5. The number of ketones is 2. The SMILES string of the molecule is CC(=O)C(=O)O.CC(=O)C(C)(C)C(=O)O.O=C(O)C(CO)(CO)C(=O)O. The molecule has 0 unspecified atom stereocenters. The summed E-state index contributed by atoms with van der Waals surface area (Å²) < 4.78 is 0. The van der Waals surface area contributed by atoms with Crippen LogP contribution in [0, 0.1) is 10.8 Å². The number of carbonyl (C=O) groups is 6. The van der Waals surface area contributed by atoms with Crippen LogP contribution in [0.2, 0.25) is 0 Å². The number of aliphatic carboxylic acids is 4. The largest absolute Gasteiger partial charge is 0.481 e. The smallest absolute Gasteiger partial charge is 0.371 e. The molecule has 0 heterocycles. The molecule has 0 bridgehead atoms. The van der Waals surface area contributed by atoms with Gasteiger partial charge in [0.1, 0.15) is 11.2 Å². The molecule has 0 fully saturated rings. The van der Waals surface area contributed by atoms with E-state index in [2.05, 4.69) is 0 Å². The Kier molecular flexibility index (Phi) is 12.5. The average molecular weight is 382 g/mol. The molecule has 0 saturated heterocycles. The lowest BCUT2D eigenvalue weighted by atomic mass is 9.89. The highest BCUT2D eigenvalue weighted by Crippen LogP contribution is 2.16. The van der Waals surface area contributed by atoms with Crippen molar-refractivity contribution in [2.24, 2.45) is 10.8 Å². The number of hydrogen-bond donors (Lipinski definition) is 6. The third-order valence-electron chi connectivity index (χ3n) is 3.07. The van der Waals surface area contributed by atoms with Crippen LogP contribution in [0.5, 0.6) is 0 Å². The van der Waals surface area contributed by atoms with Crippen LogP contribution >= 0.6 is 0 Å². The van der Waals surface area contributed by atoms with Crippen molar-refractivity contribution in [1.82, 2.24) is 0 Å². The lowest BCUT2D eigenvalue weighted by Crippen LogP contribution is -2.45. The predicted octanol–water partition coefficient (Wildman–Crippen LogP) is -1.53. The molecule has 0 atom stereocenters. The van der Waals surface area contributed by atoms with Crippen molar-refractivity contribution in [2.75, 3.05) is 13.2 Å². The Hall–Kier alpha value is -2.86. The van der Waals surface area contributed by atoms with Crippen LogP contribution in [0.4, 0.5) is 0 Å². The highest BCUT2D eigenvalue weighted by molar-refractivity contribution is 6.31. The van der Waals surface area contributed by atoms with E-state index in [4.69, 9.17) is 30.6 Å². The van der Waals surface area contributed by atoms with Crippen molar-refractivity contribution in [1.29, 1.82) is 0 Å². The van der Waals surface area contributed by atoms with Crippen LogP contribution in [0.3, 0.4) is 0 Å². The lowest BCUT2D eigenvalue weighted by molar-refractivity contribution is -0.171. The number of carbonyl (C=O) groups excluding carboxylic acids is 2. The van der Waals surface area contributed by atoms with Crippen molar-refractivity contribution >= 4 is 35.4 Å². The number of rotatable bonds is 7. The molecule has 0 spiro atoms. The van der Waals surface area contributed by atoms with E-state index in [1.807, 2.05) is 0 Å². The van der Waals surface area contributed by atoms with Gasteiger partial charge in [-0.15, -0.1) is 0 Å². The van der Waals surface area contributed by atoms with E-state index in [0.29, 0.717) is 0 Å². The molecule has 6 N–H and O–H groups in total. The number of Topliss-reactive ketones (excluding diaryl/α,β-unsaturated/α-hetero) is 2. The highest BCUT2D eigenvalue weighted by atomic mass is 16.4. The molecule has 0 rings (SSSR count). The molecule has 0 saturated carbocycles. The Bertz CT molecular complexity index is 512. The summed E-state index contributed by atoms with van der Waals surface area (Å²) >= 11 is 0. The van der Waals surface area contributed by atoms with Crippen LogP contribution in [0.25, 0.3) is 0 Å². The lowest BCUT2D eigenvalue weighted by Gasteiger charge is -2.18. The van der Waals surface area contributed by atoms with Gasteiger partial charge < -0.3 is 30.6 Å². The molecule has 0 radical (unpaired) electrons. The second-order valence-electron chi connectivity index (χ2n) is 5.36. The van der Waals surface area contributed by atoms with Crippen molar-refractivity contribution < 1.29 is 59.4 Å². The van der Waals surface area contributed by atoms with Crippen molar-refractivity contribution in [2.45, 2.75) is 27.7 Å². The Morgan fingerprint density at radius 3 is 0.962 bits per heavy atom. The molecular weight excluding hydrogens is 360 g/mol. The Balaban J connectivity index is -0.000000319. The van der Waals surface area contributed by atoms with Gasteiger partial charge in [-0.25, -0.2) is 4.79 Å². The standard InChI is InChI=1S/C6H10O3.C5H8O6.C3H4O3/c1-4(7)6(2,3)5(8)9;6-1-5(2-7,3(8)9)4(10)11;1-2(4)3(5)6/h1-3H3,(H,8,9);6-7H,1-2H2,(H,8,9)(H,10,11);1H3,(H,5,6). The minimum Gasteiger partial charge on any atom is -0.481 e. The summed E-state index contributed by atoms with van der Waals surface area (Å²) in [6.45, 7) is 2.79. The summed E-state index contributed by atoms with van der Waals surface area (Å²) in [6, 6.07) is 0. The molecular formula is C14H22O12. The van der Waals surface area contributed by atoms with Crippen molar-refractivity contribution in [3.63, 3.8) is 0 Å². The minimum atomic E-state index is -2.47. The third kappa shape index (κ3) is 8.84. The van der Waals surface area contributed by atoms with Gasteiger partial charge in [0.2, 0.25) is 11.2 Å². The molecule has 0 amide bonds. The summed E-state index contributed by atoms with van der Waals surface area (Å²) in [7, 11) is 0. The number of hydrogen-bond acceptors (Lipinski definition) is 8. The molecule has 0 aliphatic rings. The van der Waals surface area contributed by atoms with Crippen LogP contribution in [0.15, 0.2) is 0 Å². The molecule has 0 aliphatic heterocycles. The average Bonchev–Trinajstić information content (AvgIpc) is 2.49. The zero-order chi connectivity index (χ0) is 21.9. The molecule has 150 valence electrons. The van der Waals surface area contributed by atoms with Gasteiger partial charge in [0.05, 0.1) is 13.2 Å². The predicted molar refractivity (Wildman–Crippen MR) is 82.3 cm³/mol. The summed E-state index contributed by atoms with van der Waals surface area (Å²) in [5, 5.41) is 49.4. The Morgan fingerprint density at radius 2 is 0.962 bits per heavy atom. The summed E-state index contributed by atoms with van der Waals surface area (Å²) in [5.74, 6) is -7.11. The molecule has 0 aromatic carbocycles. The molecule has 0 aliphatic carbocycles. The fourth-order valence-corrected chi connectivity index (χ4v) is 0.563. The maximum Gasteiger partial charge on any atom is 0.371 e. The van der Waals surface area contributed by atoms with Crippen LogP contribution in [-0.4, -0.2) is 79.3 Å². The summed E-state index contributed by atoms with van der Waals surface area (Å²) in [4.78, 5) is 60.1. The molecule has 12 heteroatoms. The topological polar surface area (TPSA) is 224 Å². The van der Waals surface area contributed by atoms with Gasteiger partial charge >= 0.3 is 23.9 Å². The van der Waals surface area contributed by atoms with Crippen molar-refractivity contribution in [3.8, 4) is 0 Å². The minimum absolute atomic E-state index is 0.324. The summed E-state index contributed by atoms with van der Waals surface area (Å²) in [5.41, 5.74) is -3.69. The van der Waals surface area contributed by atoms with Gasteiger partial charge in [-0.3, -0.25) is 24.0 Å². The fraction of sp³-hybridized carbons (Fsp3) is 0.571. The van der Waals surface area contributed by atoms with E-state index < -0.39 is 53.7 Å². The van der Waals surface area contributed by atoms with E-state index in [-0.39, 0.29) is 5.78 Å². The van der Waals surface area contributed by atoms with E-state index in [9.17, 15) is 28.8 Å². The van der Waals surface area contributed by atoms with Crippen LogP contribution in [-0.2, 0) is 28.8 Å². The number of aliphatic hydroxyl groups excluding tert-OH is 2. The molecule has 12 nitrogen and oxygen atoms in total. The number of carboxylic acids is 4. The highest BCUT2D eigenvalue weighted by Gasteiger charge is 2.45. The quantitative estimate of drug-likeness (QED) is 0.218. The van der Waals surface area contributed by atoms with Crippen LogP contribution < -0.4 is 0 Å². The van der Waals surface area contributed by atoms with Gasteiger partial charge in [-0.1, -0.05) is 0 Å². The van der Waals surface area contributed by atoms with E-state index >= 15 is 0 Å². The second-order valence-corrected chi connectivity index (χ2v) is 5.36. The monoisotopic (exact) mass is 382 g/mol. The first-order valence-corrected chi connectivity index (χ1v) is 6.71. The normalized spacial score (nSPS) is 10.2. The third-order valence-corrected chi connectivity index (χ3v) is 3.07. The first-order valence-electron chi connectivity index (χ1n) is 6.71. The maximum absolute atomic E-state index is 10.5. The summed E-state index contributed by atoms with van der Waals surface area (Å²) in [6.07, 6.45) is 0. The number of carboxylic acid groups (broad SMARTS) is 4. The van der Waals surface area contributed by atoms with E-state index in [1.54, 1.807) is 0 Å². The first kappa shape index (κ1) is 28.0.